The van der Waals surface area contributed by atoms with Gasteiger partial charge in [0.2, 0.25) is 0 Å². The van der Waals surface area contributed by atoms with Gasteiger partial charge in [-0.2, -0.15) is 4.31 Å². The van der Waals surface area contributed by atoms with Crippen LogP contribution < -0.4 is 21.3 Å². The number of hydrogen-bond donors (Lipinski definition) is 6. The highest BCUT2D eigenvalue weighted by molar-refractivity contribution is 7.61. The molecule has 29 heteroatoms. The number of carbonyl (C=O) groups is 2. The summed E-state index contributed by atoms with van der Waals surface area (Å²) in [5.41, 5.74) is 2.69. The van der Waals surface area contributed by atoms with Crippen LogP contribution in [0.5, 0.6) is 0 Å². The SMILES string of the molecule is CCNC(=O)Nc1ncnc2c1ncn2[C@@H]1O[C@H](COP(=O)(O)OP(=O)(O)OC[C@H]2O[C@@H](n3cnc4c(NC(=O)NCC)ncnc43)C3O[C@H](/C=C/c4ccccc4)OC32)C2O[C@H](/C=C/c3ccccc3)OC21. The smallest absolute Gasteiger partial charge is 0.347 e. The van der Waals surface area contributed by atoms with Crippen LogP contribution >= 0.6 is 15.6 Å². The molecule has 10 rings (SSSR count). The normalized spacial score (nSPS) is 27.3. The molecule has 4 aliphatic rings. The zero-order valence-corrected chi connectivity index (χ0v) is 40.5. The number of nitrogens with zero attached hydrogens (tertiary/aromatic N) is 8. The number of ether oxygens (including phenoxy) is 6. The van der Waals surface area contributed by atoms with Crippen LogP contribution in [-0.4, -0.2) is 136 Å². The molecule has 4 amide bonds. The van der Waals surface area contributed by atoms with E-state index >= 15 is 0 Å². The van der Waals surface area contributed by atoms with Crippen LogP contribution in [0, 0.1) is 0 Å². The first kappa shape index (κ1) is 50.1. The Hall–Kier alpha value is -6.42. The highest BCUT2D eigenvalue weighted by Crippen LogP contribution is 2.61. The monoisotopic (exact) mass is 1050 g/mol. The summed E-state index contributed by atoms with van der Waals surface area (Å²) in [5, 5.41) is 10.5. The van der Waals surface area contributed by atoms with Crippen molar-refractivity contribution in [3.8, 4) is 0 Å². The summed E-state index contributed by atoms with van der Waals surface area (Å²) in [5.74, 6) is 0.246. The predicted octanol–water partition coefficient (Wildman–Crippen LogP) is 4.64. The predicted molar refractivity (Wildman–Crippen MR) is 255 cm³/mol. The Bertz CT molecular complexity index is 2890. The summed E-state index contributed by atoms with van der Waals surface area (Å²) in [6.07, 6.45) is 2.42. The highest BCUT2D eigenvalue weighted by atomic mass is 31.3. The molecule has 6 unspecified atom stereocenters. The summed E-state index contributed by atoms with van der Waals surface area (Å²) >= 11 is 0. The molecule has 4 fully saturated rings. The number of phosphoric ester groups is 2. The largest absolute Gasteiger partial charge is 0.481 e. The van der Waals surface area contributed by atoms with E-state index in [0.29, 0.717) is 13.1 Å². The molecule has 8 heterocycles. The summed E-state index contributed by atoms with van der Waals surface area (Å²) < 4.78 is 83.1. The third-order valence-electron chi connectivity index (χ3n) is 11.6. The molecule has 0 bridgehead atoms. The lowest BCUT2D eigenvalue weighted by Gasteiger charge is -2.22. The van der Waals surface area contributed by atoms with Crippen molar-refractivity contribution in [2.75, 3.05) is 36.9 Å². The molecule has 73 heavy (non-hydrogen) atoms. The minimum atomic E-state index is -5.43. The van der Waals surface area contributed by atoms with Crippen molar-refractivity contribution >= 4 is 73.8 Å². The number of carbonyl (C=O) groups excluding carboxylic acids is 2. The van der Waals surface area contributed by atoms with Crippen LogP contribution in [0.3, 0.4) is 0 Å². The van der Waals surface area contributed by atoms with Crippen molar-refractivity contribution in [3.05, 3.63) is 109 Å². The van der Waals surface area contributed by atoms with Gasteiger partial charge in [-0.05, 0) is 37.1 Å². The van der Waals surface area contributed by atoms with Gasteiger partial charge >= 0.3 is 27.7 Å². The van der Waals surface area contributed by atoms with Crippen LogP contribution in [0.1, 0.15) is 37.4 Å². The fourth-order valence-electron chi connectivity index (χ4n) is 8.52. The van der Waals surface area contributed by atoms with E-state index < -0.39 is 103 Å². The number of aromatic nitrogens is 8. The van der Waals surface area contributed by atoms with Crippen molar-refractivity contribution in [2.24, 2.45) is 0 Å². The highest BCUT2D eigenvalue weighted by Gasteiger charge is 2.56. The number of amides is 4. The van der Waals surface area contributed by atoms with Crippen LogP contribution in [0.2, 0.25) is 0 Å². The van der Waals surface area contributed by atoms with Crippen molar-refractivity contribution < 1.29 is 70.3 Å². The Kier molecular flexibility index (Phi) is 14.8. The van der Waals surface area contributed by atoms with E-state index in [1.54, 1.807) is 38.2 Å². The number of urea groups is 2. The van der Waals surface area contributed by atoms with Gasteiger partial charge in [-0.15, -0.1) is 0 Å². The Morgan fingerprint density at radius 1 is 0.603 bits per heavy atom. The zero-order valence-electron chi connectivity index (χ0n) is 38.7. The summed E-state index contributed by atoms with van der Waals surface area (Å²) in [7, 11) is -10.9. The molecule has 0 aliphatic carbocycles. The first-order valence-corrected chi connectivity index (χ1v) is 25.8. The number of phosphoric acid groups is 2. The molecule has 0 spiro atoms. The maximum Gasteiger partial charge on any atom is 0.481 e. The quantitative estimate of drug-likeness (QED) is 0.0638. The number of imidazole rings is 2. The topological polar surface area (TPSA) is 327 Å². The van der Waals surface area contributed by atoms with Crippen molar-refractivity contribution in [1.29, 1.82) is 0 Å². The van der Waals surface area contributed by atoms with Gasteiger partial charge in [-0.3, -0.25) is 28.8 Å². The summed E-state index contributed by atoms with van der Waals surface area (Å²) in [6.45, 7) is 2.83. The molecule has 0 saturated carbocycles. The van der Waals surface area contributed by atoms with E-state index in [1.807, 2.05) is 60.7 Å². The van der Waals surface area contributed by atoms with Gasteiger partial charge in [0.05, 0.1) is 25.9 Å². The van der Waals surface area contributed by atoms with E-state index in [-0.39, 0.29) is 34.0 Å². The molecule has 6 aromatic rings. The second-order valence-electron chi connectivity index (χ2n) is 16.5. The van der Waals surface area contributed by atoms with Crippen LogP contribution in [0.15, 0.2) is 98.1 Å². The molecule has 4 aromatic heterocycles. The molecule has 4 aliphatic heterocycles. The first-order valence-electron chi connectivity index (χ1n) is 22.9. The lowest BCUT2D eigenvalue weighted by Crippen LogP contribution is -2.32. The van der Waals surface area contributed by atoms with E-state index in [4.69, 9.17) is 41.8 Å². The van der Waals surface area contributed by atoms with E-state index in [0.717, 1.165) is 11.1 Å². The molecule has 0 radical (unpaired) electrons. The van der Waals surface area contributed by atoms with Gasteiger partial charge in [-0.1, -0.05) is 72.8 Å². The maximum atomic E-state index is 13.5. The second-order valence-corrected chi connectivity index (χ2v) is 19.5. The van der Waals surface area contributed by atoms with Crippen LogP contribution in [-0.2, 0) is 50.9 Å². The number of rotatable bonds is 18. The van der Waals surface area contributed by atoms with E-state index in [2.05, 4.69) is 51.2 Å². The molecule has 27 nitrogen and oxygen atoms in total. The van der Waals surface area contributed by atoms with Crippen molar-refractivity contribution in [2.45, 2.75) is 75.5 Å². The maximum absolute atomic E-state index is 13.5. The van der Waals surface area contributed by atoms with E-state index in [1.165, 1.54) is 34.4 Å². The van der Waals surface area contributed by atoms with Crippen LogP contribution in [0.4, 0.5) is 21.2 Å². The number of hydrogen-bond acceptors (Lipinski definition) is 19. The average Bonchev–Trinajstić information content (AvgIpc) is 4.24. The fourth-order valence-corrected chi connectivity index (χ4v) is 10.6. The minimum absolute atomic E-state index is 0.123. The Morgan fingerprint density at radius 3 is 1.42 bits per heavy atom. The molecular weight excluding hydrogens is 999 g/mol. The zero-order chi connectivity index (χ0) is 50.7. The summed E-state index contributed by atoms with van der Waals surface area (Å²) in [6, 6.07) is 17.8. The van der Waals surface area contributed by atoms with Crippen molar-refractivity contribution in [3.63, 3.8) is 0 Å². The Labute approximate surface area is 414 Å². The van der Waals surface area contributed by atoms with Crippen LogP contribution in [0.25, 0.3) is 34.5 Å². The third-order valence-corrected chi connectivity index (χ3v) is 14.2. The Balaban J connectivity index is 0.830. The molecule has 12 atom stereocenters. The summed E-state index contributed by atoms with van der Waals surface area (Å²) in [4.78, 5) is 72.4. The van der Waals surface area contributed by atoms with Gasteiger partial charge in [0.15, 0.2) is 59.0 Å². The lowest BCUT2D eigenvalue weighted by molar-refractivity contribution is -0.133. The average molecular weight is 1050 g/mol. The molecule has 384 valence electrons. The number of anilines is 2. The molecule has 4 saturated heterocycles. The Morgan fingerprint density at radius 2 is 1.01 bits per heavy atom. The van der Waals surface area contributed by atoms with E-state index in [9.17, 15) is 28.5 Å². The lowest BCUT2D eigenvalue weighted by atomic mass is 10.1. The van der Waals surface area contributed by atoms with Gasteiger partial charge < -0.3 is 48.8 Å². The number of fused-ring (bicyclic) bond motifs is 4. The van der Waals surface area contributed by atoms with Gasteiger partial charge in [0, 0.05) is 13.1 Å². The van der Waals surface area contributed by atoms with Crippen molar-refractivity contribution in [1.82, 2.24) is 49.7 Å². The third kappa shape index (κ3) is 11.2. The molecule has 2 aromatic carbocycles. The minimum Gasteiger partial charge on any atom is -0.347 e. The number of benzene rings is 2. The molecule has 6 N–H and O–H groups in total. The van der Waals surface area contributed by atoms with Gasteiger partial charge in [-0.25, -0.2) is 48.6 Å². The standard InChI is InChI=1S/C44H48N12O15P2/c1-3-45-43(57)53-37-31-39(49-21-47-37)55(23-51-31)41-35-33(67-29(69-35)17-15-25-11-7-5-8-12-25)27(65-41)19-63-72(59,60)71-73(61,62)64-20-28-34-36(70-30(68-34)18-16-26-13-9-6-10-14-26)42(66-28)56-24-52-32-38(48-22-50-40(32)56)54-44(58)46-4-2/h5-18,21-24,27-30,33-36,41-42H,3-4,19-20H2,1-2H3,(H,59,60)(H,61,62)(H2,45,47,49,53,57)(H2,46,48,50,54,58)/b17-15+,18-16+/t27-,28-,29-,30+,33?,34?,35?,36?,41-,42-/m1/s1. The first-order chi connectivity index (χ1) is 35.3. The second kappa shape index (κ2) is 21.6. The van der Waals surface area contributed by atoms with Gasteiger partial charge in [0.1, 0.15) is 49.3 Å². The molecular formula is C44H48N12O15P2. The number of nitrogens with one attached hydrogen (secondary N) is 4. The fraction of sp³-hybridized carbons (Fsp3) is 0.364. The van der Waals surface area contributed by atoms with Gasteiger partial charge in [0.25, 0.3) is 0 Å².